The molecule has 0 atom stereocenters. The molecule has 1 aromatic heterocycles. The van der Waals surface area contributed by atoms with Crippen molar-refractivity contribution in [3.63, 3.8) is 0 Å². The van der Waals surface area contributed by atoms with Crippen LogP contribution in [0.5, 0.6) is 0 Å². The van der Waals surface area contributed by atoms with Gasteiger partial charge >= 0.3 is 6.18 Å². The number of aromatic nitrogens is 2. The minimum atomic E-state index is -4.61. The van der Waals surface area contributed by atoms with Crippen molar-refractivity contribution in [2.75, 3.05) is 11.0 Å². The van der Waals surface area contributed by atoms with Crippen LogP contribution in [0.15, 0.2) is 79.0 Å². The average Bonchev–Trinajstić information content (AvgIpc) is 3.24. The Kier molecular flexibility index (Phi) is 6.44. The molecule has 2 N–H and O–H groups in total. The van der Waals surface area contributed by atoms with Crippen LogP contribution in [0.2, 0.25) is 0 Å². The van der Waals surface area contributed by atoms with Crippen molar-refractivity contribution in [1.82, 2.24) is 9.55 Å². The molecule has 0 saturated heterocycles. The van der Waals surface area contributed by atoms with E-state index in [1.807, 2.05) is 0 Å². The molecule has 0 unspecified atom stereocenters. The monoisotopic (exact) mass is 515 g/mol. The first-order chi connectivity index (χ1) is 16.7. The minimum absolute atomic E-state index is 0.0137. The van der Waals surface area contributed by atoms with Crippen LogP contribution in [-0.4, -0.2) is 29.3 Å². The summed E-state index contributed by atoms with van der Waals surface area (Å²) in [5.74, 6) is 0.0137. The highest BCUT2D eigenvalue weighted by Gasteiger charge is 2.35. The Morgan fingerprint density at radius 3 is 2.19 bits per heavy atom. The van der Waals surface area contributed by atoms with E-state index in [9.17, 15) is 26.7 Å². The van der Waals surface area contributed by atoms with Crippen LogP contribution < -0.4 is 4.72 Å². The van der Waals surface area contributed by atoms with Gasteiger partial charge in [0.25, 0.3) is 0 Å². The Balaban J connectivity index is 1.93. The number of para-hydroxylation sites is 1. The Morgan fingerprint density at radius 1 is 0.917 bits per heavy atom. The molecule has 36 heavy (non-hydrogen) atoms. The molecule has 0 aliphatic carbocycles. The third-order valence-corrected chi connectivity index (χ3v) is 6.05. The lowest BCUT2D eigenvalue weighted by atomic mass is 10.0. The summed E-state index contributed by atoms with van der Waals surface area (Å²) >= 11 is 0. The van der Waals surface area contributed by atoms with Crippen molar-refractivity contribution in [1.29, 1.82) is 0 Å². The van der Waals surface area contributed by atoms with Gasteiger partial charge in [0, 0.05) is 23.0 Å². The number of benzene rings is 3. The Bertz CT molecular complexity index is 1520. The number of imidazole rings is 1. The minimum Gasteiger partial charge on any atom is -0.384 e. The number of hydrogen-bond acceptors (Lipinski definition) is 4. The van der Waals surface area contributed by atoms with E-state index >= 15 is 0 Å². The molecule has 0 saturated carbocycles. The van der Waals surface area contributed by atoms with Gasteiger partial charge in [-0.2, -0.15) is 13.2 Å². The molecule has 188 valence electrons. The van der Waals surface area contributed by atoms with Crippen LogP contribution in [-0.2, 0) is 21.8 Å². The summed E-state index contributed by atoms with van der Waals surface area (Å²) in [6.45, 7) is 3.01. The lowest BCUT2D eigenvalue weighted by molar-refractivity contribution is -0.137. The number of nitrogens with zero attached hydrogens (tertiary/aromatic N) is 2. The van der Waals surface area contributed by atoms with E-state index in [4.69, 9.17) is 0 Å². The second-order valence-electron chi connectivity index (χ2n) is 8.89. The maximum atomic E-state index is 13.8. The van der Waals surface area contributed by atoms with E-state index in [1.54, 1.807) is 48.5 Å². The van der Waals surface area contributed by atoms with Gasteiger partial charge in [0.15, 0.2) is 0 Å². The molecule has 3 aromatic carbocycles. The van der Waals surface area contributed by atoms with Gasteiger partial charge in [-0.05, 0) is 43.7 Å². The maximum absolute atomic E-state index is 13.8. The predicted molar refractivity (Wildman–Crippen MR) is 133 cm³/mol. The number of hydrogen-bond donors (Lipinski definition) is 2. The van der Waals surface area contributed by atoms with Crippen LogP contribution in [0.4, 0.5) is 18.9 Å². The number of aliphatic hydroxyl groups is 1. The third-order valence-electron chi connectivity index (χ3n) is 5.46. The molecule has 0 amide bonds. The average molecular weight is 516 g/mol. The Labute approximate surface area is 207 Å². The second-order valence-corrected chi connectivity index (χ2v) is 10.6. The number of anilines is 1. The molecule has 0 bridgehead atoms. The van der Waals surface area contributed by atoms with Crippen molar-refractivity contribution in [2.24, 2.45) is 0 Å². The van der Waals surface area contributed by atoms with Crippen LogP contribution in [0, 0.1) is 0 Å². The first-order valence-corrected chi connectivity index (χ1v) is 12.8. The van der Waals surface area contributed by atoms with Gasteiger partial charge in [0.05, 0.1) is 23.2 Å². The molecule has 4 aromatic rings. The molecule has 4 rings (SSSR count). The fourth-order valence-corrected chi connectivity index (χ4v) is 4.41. The van der Waals surface area contributed by atoms with E-state index in [0.717, 1.165) is 12.3 Å². The Morgan fingerprint density at radius 2 is 1.56 bits per heavy atom. The van der Waals surface area contributed by atoms with Gasteiger partial charge in [-0.3, -0.25) is 9.29 Å². The van der Waals surface area contributed by atoms with E-state index in [0.29, 0.717) is 22.5 Å². The number of halogens is 3. The molecule has 6 nitrogen and oxygen atoms in total. The van der Waals surface area contributed by atoms with Gasteiger partial charge in [-0.15, -0.1) is 0 Å². The van der Waals surface area contributed by atoms with Gasteiger partial charge in [-0.1, -0.05) is 48.5 Å². The fraction of sp³-hybridized carbons (Fsp3) is 0.192. The van der Waals surface area contributed by atoms with Crippen LogP contribution in [0.3, 0.4) is 0 Å². The lowest BCUT2D eigenvalue weighted by Gasteiger charge is -2.15. The largest absolute Gasteiger partial charge is 0.417 e. The lowest BCUT2D eigenvalue weighted by Crippen LogP contribution is -2.15. The first-order valence-electron chi connectivity index (χ1n) is 10.9. The van der Waals surface area contributed by atoms with Gasteiger partial charge in [0.2, 0.25) is 10.0 Å². The predicted octanol–water partition coefficient (Wildman–Crippen LogP) is 5.82. The highest BCUT2D eigenvalue weighted by Crippen LogP contribution is 2.39. The normalized spacial score (nSPS) is 12.5. The zero-order chi connectivity index (χ0) is 26.3. The van der Waals surface area contributed by atoms with Crippen molar-refractivity contribution in [3.8, 4) is 28.2 Å². The molecule has 0 aliphatic heterocycles. The number of sulfonamides is 1. The zero-order valence-electron chi connectivity index (χ0n) is 19.7. The van der Waals surface area contributed by atoms with E-state index < -0.39 is 27.4 Å². The second kappa shape index (κ2) is 9.11. The molecule has 0 aliphatic rings. The first kappa shape index (κ1) is 25.5. The van der Waals surface area contributed by atoms with Crippen molar-refractivity contribution in [2.45, 2.75) is 25.6 Å². The standard InChI is InChI=1S/C26H24F3N3O3S/c1-25(2,33)23-16-32(24(30-23)20-12-4-6-13-21(20)26(27,28)29)18-10-8-9-17(15-18)19-11-5-7-14-22(19)31-36(3,34)35/h4-16,31,33H,1-3H3. The Hall–Kier alpha value is -3.63. The molecular weight excluding hydrogens is 491 g/mol. The topological polar surface area (TPSA) is 84.2 Å². The van der Waals surface area contributed by atoms with Gasteiger partial charge in [-0.25, -0.2) is 13.4 Å². The van der Waals surface area contributed by atoms with Crippen molar-refractivity contribution in [3.05, 3.63) is 90.3 Å². The molecule has 0 fully saturated rings. The summed E-state index contributed by atoms with van der Waals surface area (Å²) in [6, 6.07) is 18.8. The van der Waals surface area contributed by atoms with Gasteiger partial charge in [0.1, 0.15) is 11.4 Å². The van der Waals surface area contributed by atoms with Crippen LogP contribution >= 0.6 is 0 Å². The molecule has 0 spiro atoms. The molecular formula is C26H24F3N3O3S. The summed E-state index contributed by atoms with van der Waals surface area (Å²) in [5.41, 5.74) is -0.129. The SMILES string of the molecule is CC(C)(O)c1cn(-c2cccc(-c3ccccc3NS(C)(=O)=O)c2)c(-c2ccccc2C(F)(F)F)n1. The summed E-state index contributed by atoms with van der Waals surface area (Å²) in [7, 11) is -3.54. The highest BCUT2D eigenvalue weighted by atomic mass is 32.2. The highest BCUT2D eigenvalue weighted by molar-refractivity contribution is 7.92. The summed E-state index contributed by atoms with van der Waals surface area (Å²) in [4.78, 5) is 4.39. The summed E-state index contributed by atoms with van der Waals surface area (Å²) in [6.07, 6.45) is -2.06. The molecule has 0 radical (unpaired) electrons. The smallest absolute Gasteiger partial charge is 0.384 e. The van der Waals surface area contributed by atoms with Crippen molar-refractivity contribution < 1.29 is 26.7 Å². The quantitative estimate of drug-likeness (QED) is 0.339. The molecule has 1 heterocycles. The summed E-state index contributed by atoms with van der Waals surface area (Å²) in [5, 5.41) is 10.6. The molecule has 10 heteroatoms. The van der Waals surface area contributed by atoms with E-state index in [-0.39, 0.29) is 17.1 Å². The van der Waals surface area contributed by atoms with Gasteiger partial charge < -0.3 is 5.11 Å². The number of nitrogens with one attached hydrogen (secondary N) is 1. The zero-order valence-corrected chi connectivity index (χ0v) is 20.5. The summed E-state index contributed by atoms with van der Waals surface area (Å²) < 4.78 is 69.2. The fourth-order valence-electron chi connectivity index (χ4n) is 3.83. The van der Waals surface area contributed by atoms with Crippen LogP contribution in [0.25, 0.3) is 28.2 Å². The maximum Gasteiger partial charge on any atom is 0.417 e. The number of rotatable bonds is 6. The number of alkyl halides is 3. The van der Waals surface area contributed by atoms with E-state index in [2.05, 4.69) is 9.71 Å². The third kappa shape index (κ3) is 5.44. The van der Waals surface area contributed by atoms with Crippen molar-refractivity contribution >= 4 is 15.7 Å². The van der Waals surface area contributed by atoms with E-state index in [1.165, 1.54) is 42.8 Å². The van der Waals surface area contributed by atoms with Crippen LogP contribution in [0.1, 0.15) is 25.1 Å².